The molecule has 0 aliphatic heterocycles. The van der Waals surface area contributed by atoms with Crippen molar-refractivity contribution in [3.8, 4) is 0 Å². The Morgan fingerprint density at radius 3 is 1.07 bits per heavy atom. The molecule has 1 atom stereocenters. The van der Waals surface area contributed by atoms with E-state index in [1.165, 1.54) is 122 Å². The topological polar surface area (TPSA) is 147 Å². The van der Waals surface area contributed by atoms with Gasteiger partial charge in [0.25, 0.3) is 0 Å². The third-order valence-electron chi connectivity index (χ3n) is 7.76. The van der Waals surface area contributed by atoms with Crippen LogP contribution in [0, 0.1) is 0 Å². The Kier molecular flexibility index (Phi) is 48.1. The van der Waals surface area contributed by atoms with Crippen LogP contribution in [0.1, 0.15) is 194 Å². The Bertz CT molecular complexity index is 680. The SMILES string of the molecule is CCCCCCCCCCCC(=O)N[C@@H](CCC(=O)[O-])C(=O)O.CCCCCCCCCCCCCCCCCC(=O)[O-].[Na+].[Na+]. The van der Waals surface area contributed by atoms with Gasteiger partial charge in [0, 0.05) is 18.4 Å². The molecule has 0 saturated carbocycles. The van der Waals surface area contributed by atoms with Crippen LogP contribution < -0.4 is 74.6 Å². The van der Waals surface area contributed by atoms with Gasteiger partial charge in [0.05, 0.1) is 0 Å². The zero-order chi connectivity index (χ0) is 32.4. The molecule has 0 aromatic carbocycles. The van der Waals surface area contributed by atoms with Gasteiger partial charge in [0.1, 0.15) is 6.04 Å². The van der Waals surface area contributed by atoms with Crippen molar-refractivity contribution in [3.05, 3.63) is 0 Å². The molecule has 0 aliphatic carbocycles. The molecule has 0 aliphatic rings. The fourth-order valence-corrected chi connectivity index (χ4v) is 5.02. The summed E-state index contributed by atoms with van der Waals surface area (Å²) in [7, 11) is 0. The molecule has 8 nitrogen and oxygen atoms in total. The number of carbonyl (C=O) groups is 4. The monoisotopic (exact) mass is 657 g/mol. The number of amides is 1. The third-order valence-corrected chi connectivity index (χ3v) is 7.76. The van der Waals surface area contributed by atoms with Crippen molar-refractivity contribution in [2.24, 2.45) is 0 Å². The first-order valence-corrected chi connectivity index (χ1v) is 17.7. The maximum absolute atomic E-state index is 11.7. The van der Waals surface area contributed by atoms with Gasteiger partial charge in [0.2, 0.25) is 5.91 Å². The minimum atomic E-state index is -1.32. The fourth-order valence-electron chi connectivity index (χ4n) is 5.02. The smallest absolute Gasteiger partial charge is 0.550 e. The van der Waals surface area contributed by atoms with Crippen LogP contribution in [-0.4, -0.2) is 35.0 Å². The molecule has 254 valence electrons. The first-order valence-electron chi connectivity index (χ1n) is 17.7. The van der Waals surface area contributed by atoms with Gasteiger partial charge < -0.3 is 30.2 Å². The first-order chi connectivity index (χ1) is 20.7. The quantitative estimate of drug-likeness (QED) is 0.0836. The number of carbonyl (C=O) groups excluding carboxylic acids is 3. The minimum Gasteiger partial charge on any atom is -0.550 e. The predicted octanol–water partition coefficient (Wildman–Crippen LogP) is 1.01. The number of rotatable bonds is 31. The Morgan fingerprint density at radius 2 is 0.778 bits per heavy atom. The summed E-state index contributed by atoms with van der Waals surface area (Å²) in [6.45, 7) is 4.46. The molecule has 0 radical (unpaired) electrons. The van der Waals surface area contributed by atoms with Crippen molar-refractivity contribution in [1.29, 1.82) is 0 Å². The van der Waals surface area contributed by atoms with Gasteiger partial charge in [-0.1, -0.05) is 155 Å². The summed E-state index contributed by atoms with van der Waals surface area (Å²) >= 11 is 0. The summed E-state index contributed by atoms with van der Waals surface area (Å²) in [6.07, 6.45) is 29.9. The van der Waals surface area contributed by atoms with Crippen molar-refractivity contribution in [1.82, 2.24) is 5.32 Å². The summed E-state index contributed by atoms with van der Waals surface area (Å²) in [5.74, 6) is -3.77. The van der Waals surface area contributed by atoms with Gasteiger partial charge in [-0.2, -0.15) is 0 Å². The van der Waals surface area contributed by atoms with E-state index in [-0.39, 0.29) is 90.7 Å². The van der Waals surface area contributed by atoms with Crippen LogP contribution in [0.3, 0.4) is 0 Å². The zero-order valence-corrected chi connectivity index (χ0v) is 33.8. The third kappa shape index (κ3) is 46.1. The number of unbranched alkanes of at least 4 members (excludes halogenated alkanes) is 22. The Balaban J connectivity index is -0.000000361. The number of hydrogen-bond donors (Lipinski definition) is 2. The van der Waals surface area contributed by atoms with Gasteiger partial charge in [-0.15, -0.1) is 0 Å². The number of carboxylic acid groups (broad SMARTS) is 3. The van der Waals surface area contributed by atoms with E-state index < -0.39 is 23.9 Å². The van der Waals surface area contributed by atoms with E-state index in [0.29, 0.717) is 0 Å². The standard InChI is InChI=1S/C18H36O2.C17H31NO5.2Na/c1-2-3-4-5-6-7-8-9-10-11-12-13-14-15-16-17-18(19)20;1-2-3-4-5-6-7-8-9-10-11-15(19)18-14(17(22)23)12-13-16(20)21;;/h2-17H2,1H3,(H,19,20);14H,2-13H2,1H3,(H,18,19)(H,20,21)(H,22,23);;/q;;2*+1/p-2/t;14-;;/m.0../s1. The van der Waals surface area contributed by atoms with E-state index in [9.17, 15) is 29.4 Å². The molecule has 1 amide bonds. The molecule has 0 saturated heterocycles. The molecule has 0 spiro atoms. The summed E-state index contributed by atoms with van der Waals surface area (Å²) < 4.78 is 0. The van der Waals surface area contributed by atoms with E-state index in [1.54, 1.807) is 0 Å². The van der Waals surface area contributed by atoms with Crippen molar-refractivity contribution in [3.63, 3.8) is 0 Å². The normalized spacial score (nSPS) is 10.9. The largest absolute Gasteiger partial charge is 1.00 e. The molecule has 0 bridgehead atoms. The second-order valence-electron chi connectivity index (χ2n) is 12.0. The molecule has 0 aromatic heterocycles. The van der Waals surface area contributed by atoms with Gasteiger partial charge >= 0.3 is 65.1 Å². The van der Waals surface area contributed by atoms with Crippen LogP contribution in [0.5, 0.6) is 0 Å². The van der Waals surface area contributed by atoms with E-state index >= 15 is 0 Å². The van der Waals surface area contributed by atoms with Crippen molar-refractivity contribution in [2.45, 2.75) is 200 Å². The van der Waals surface area contributed by atoms with Crippen LogP contribution >= 0.6 is 0 Å². The Labute approximate surface area is 320 Å². The summed E-state index contributed by atoms with van der Waals surface area (Å²) in [5.41, 5.74) is 0. The summed E-state index contributed by atoms with van der Waals surface area (Å²) in [6, 6.07) is -1.15. The second-order valence-corrected chi connectivity index (χ2v) is 12.0. The average molecular weight is 658 g/mol. The van der Waals surface area contributed by atoms with Crippen molar-refractivity contribution < 1.29 is 93.6 Å². The van der Waals surface area contributed by atoms with Gasteiger partial charge in [-0.25, -0.2) is 4.79 Å². The number of carboxylic acids is 3. The predicted molar refractivity (Wildman–Crippen MR) is 170 cm³/mol. The van der Waals surface area contributed by atoms with Crippen LogP contribution in [0.15, 0.2) is 0 Å². The maximum Gasteiger partial charge on any atom is 1.00 e. The van der Waals surface area contributed by atoms with Crippen LogP contribution in [-0.2, 0) is 19.2 Å². The molecule has 2 N–H and O–H groups in total. The molecule has 45 heavy (non-hydrogen) atoms. The molecular weight excluding hydrogens is 592 g/mol. The fraction of sp³-hybridized carbons (Fsp3) is 0.886. The summed E-state index contributed by atoms with van der Waals surface area (Å²) in [4.78, 5) is 43.2. The first kappa shape index (κ1) is 51.7. The zero-order valence-electron chi connectivity index (χ0n) is 29.8. The molecule has 0 fully saturated rings. The number of nitrogens with one attached hydrogen (secondary N) is 1. The average Bonchev–Trinajstić information content (AvgIpc) is 2.96. The van der Waals surface area contributed by atoms with Gasteiger partial charge in [0.15, 0.2) is 0 Å². The number of aliphatic carboxylic acids is 3. The maximum atomic E-state index is 11.7. The van der Waals surface area contributed by atoms with Crippen molar-refractivity contribution in [2.75, 3.05) is 0 Å². The molecule has 0 rings (SSSR count). The molecule has 0 heterocycles. The summed E-state index contributed by atoms with van der Waals surface area (Å²) in [5, 5.41) is 31.9. The van der Waals surface area contributed by atoms with Gasteiger partial charge in [-0.05, 0) is 32.1 Å². The number of hydrogen-bond acceptors (Lipinski definition) is 6. The van der Waals surface area contributed by atoms with Crippen LogP contribution in [0.2, 0.25) is 0 Å². The second kappa shape index (κ2) is 41.9. The van der Waals surface area contributed by atoms with E-state index in [2.05, 4.69) is 19.2 Å². The van der Waals surface area contributed by atoms with E-state index in [4.69, 9.17) is 5.11 Å². The van der Waals surface area contributed by atoms with Gasteiger partial charge in [-0.3, -0.25) is 4.79 Å². The van der Waals surface area contributed by atoms with Crippen LogP contribution in [0.4, 0.5) is 0 Å². The Morgan fingerprint density at radius 1 is 0.489 bits per heavy atom. The molecule has 10 heteroatoms. The molecule has 0 unspecified atom stereocenters. The van der Waals surface area contributed by atoms with E-state index in [1.807, 2.05) is 0 Å². The van der Waals surface area contributed by atoms with E-state index in [0.717, 1.165) is 32.1 Å². The van der Waals surface area contributed by atoms with Crippen LogP contribution in [0.25, 0.3) is 0 Å². The minimum absolute atomic E-state index is 0. The Hall–Kier alpha value is -0.120. The molecular formula is C35H65NNa2O7. The molecule has 0 aromatic rings. The van der Waals surface area contributed by atoms with Crippen molar-refractivity contribution >= 4 is 23.8 Å².